The molecule has 1 unspecified atom stereocenters. The maximum absolute atomic E-state index is 12.1. The Kier molecular flexibility index (Phi) is 7.95. The van der Waals surface area contributed by atoms with Gasteiger partial charge in [0.25, 0.3) is 5.91 Å². The van der Waals surface area contributed by atoms with Crippen LogP contribution in [0.2, 0.25) is 0 Å². The van der Waals surface area contributed by atoms with Gasteiger partial charge in [0, 0.05) is 18.3 Å². The van der Waals surface area contributed by atoms with Crippen molar-refractivity contribution < 1.29 is 9.53 Å². The summed E-state index contributed by atoms with van der Waals surface area (Å²) in [6, 6.07) is 8.16. The summed E-state index contributed by atoms with van der Waals surface area (Å²) in [4.78, 5) is 16.5. The van der Waals surface area contributed by atoms with Crippen LogP contribution in [-0.4, -0.2) is 30.6 Å². The Bertz CT molecular complexity index is 596. The molecule has 25 heavy (non-hydrogen) atoms. The van der Waals surface area contributed by atoms with Crippen LogP contribution >= 0.6 is 24.0 Å². The topological polar surface area (TPSA) is 88.7 Å². The standard InChI is InChI=1S/C18H26N4O2.HI/c19-18(22-14-6-1-2-7-14)20-12-13-5-3-8-15(11-13)21-17(23)16-9-4-10-24-16;/h3,5,8,11,14,16H,1-2,4,6-7,9-10,12H2,(H,21,23)(H3,19,20,22);1H. The van der Waals surface area contributed by atoms with Crippen molar-refractivity contribution >= 4 is 41.5 Å². The molecule has 1 aromatic carbocycles. The lowest BCUT2D eigenvalue weighted by molar-refractivity contribution is -0.124. The first-order valence-electron chi connectivity index (χ1n) is 8.78. The largest absolute Gasteiger partial charge is 0.370 e. The molecule has 1 saturated heterocycles. The summed E-state index contributed by atoms with van der Waals surface area (Å²) in [6.07, 6.45) is 6.27. The smallest absolute Gasteiger partial charge is 0.253 e. The molecule has 0 radical (unpaired) electrons. The lowest BCUT2D eigenvalue weighted by Crippen LogP contribution is -2.38. The van der Waals surface area contributed by atoms with Gasteiger partial charge in [0.05, 0.1) is 6.54 Å². The highest BCUT2D eigenvalue weighted by Crippen LogP contribution is 2.18. The van der Waals surface area contributed by atoms with E-state index in [-0.39, 0.29) is 36.0 Å². The second-order valence-electron chi connectivity index (χ2n) is 6.52. The van der Waals surface area contributed by atoms with Gasteiger partial charge >= 0.3 is 0 Å². The quantitative estimate of drug-likeness (QED) is 0.360. The molecule has 7 heteroatoms. The third-order valence-corrected chi connectivity index (χ3v) is 4.56. The van der Waals surface area contributed by atoms with Gasteiger partial charge in [0.15, 0.2) is 5.96 Å². The van der Waals surface area contributed by atoms with Gasteiger partial charge in [0.2, 0.25) is 0 Å². The van der Waals surface area contributed by atoms with Gasteiger partial charge in [-0.15, -0.1) is 24.0 Å². The fourth-order valence-corrected chi connectivity index (χ4v) is 3.26. The van der Waals surface area contributed by atoms with Crippen LogP contribution in [0.3, 0.4) is 0 Å². The van der Waals surface area contributed by atoms with E-state index in [0.717, 1.165) is 24.1 Å². The molecule has 138 valence electrons. The van der Waals surface area contributed by atoms with Crippen molar-refractivity contribution in [1.82, 2.24) is 5.32 Å². The van der Waals surface area contributed by atoms with Crippen LogP contribution in [0.1, 0.15) is 44.1 Å². The maximum Gasteiger partial charge on any atom is 0.253 e. The van der Waals surface area contributed by atoms with Gasteiger partial charge in [-0.3, -0.25) is 4.79 Å². The van der Waals surface area contributed by atoms with Crippen molar-refractivity contribution in [3.05, 3.63) is 29.8 Å². The van der Waals surface area contributed by atoms with Crippen molar-refractivity contribution in [2.75, 3.05) is 11.9 Å². The van der Waals surface area contributed by atoms with E-state index in [1.54, 1.807) is 0 Å². The van der Waals surface area contributed by atoms with Crippen molar-refractivity contribution in [1.29, 1.82) is 0 Å². The summed E-state index contributed by atoms with van der Waals surface area (Å²) < 4.78 is 5.40. The molecule has 1 saturated carbocycles. The van der Waals surface area contributed by atoms with Crippen molar-refractivity contribution in [3.8, 4) is 0 Å². The van der Waals surface area contributed by atoms with Gasteiger partial charge in [-0.2, -0.15) is 0 Å². The molecule has 3 rings (SSSR count). The first-order valence-corrected chi connectivity index (χ1v) is 8.78. The van der Waals surface area contributed by atoms with Crippen LogP contribution in [0.5, 0.6) is 0 Å². The van der Waals surface area contributed by atoms with Gasteiger partial charge in [-0.1, -0.05) is 25.0 Å². The van der Waals surface area contributed by atoms with Gasteiger partial charge < -0.3 is 21.1 Å². The highest BCUT2D eigenvalue weighted by molar-refractivity contribution is 14.0. The molecule has 2 aliphatic rings. The SMILES string of the molecule is I.NC(=NCc1cccc(NC(=O)C2CCCO2)c1)NC1CCCC1. The predicted molar refractivity (Wildman–Crippen MR) is 110 cm³/mol. The molecular formula is C18H27IN4O2. The number of hydrogen-bond acceptors (Lipinski definition) is 3. The number of carbonyl (C=O) groups excluding carboxylic acids is 1. The molecule has 1 aromatic rings. The zero-order valence-corrected chi connectivity index (χ0v) is 16.7. The minimum absolute atomic E-state index is 0. The van der Waals surface area contributed by atoms with Crippen molar-refractivity contribution in [2.24, 2.45) is 10.7 Å². The van der Waals surface area contributed by atoms with E-state index in [1.807, 2.05) is 24.3 Å². The van der Waals surface area contributed by atoms with Crippen LogP contribution in [0.15, 0.2) is 29.3 Å². The molecule has 6 nitrogen and oxygen atoms in total. The van der Waals surface area contributed by atoms with E-state index in [9.17, 15) is 4.79 Å². The monoisotopic (exact) mass is 458 g/mol. The Labute approximate surface area is 166 Å². The molecule has 0 bridgehead atoms. The summed E-state index contributed by atoms with van der Waals surface area (Å²) in [5, 5.41) is 6.19. The zero-order valence-electron chi connectivity index (χ0n) is 14.4. The summed E-state index contributed by atoms with van der Waals surface area (Å²) >= 11 is 0. The summed E-state index contributed by atoms with van der Waals surface area (Å²) in [5.41, 5.74) is 7.73. The average Bonchev–Trinajstić information content (AvgIpc) is 3.27. The molecule has 1 aliphatic heterocycles. The Balaban J connectivity index is 0.00000225. The second-order valence-corrected chi connectivity index (χ2v) is 6.52. The van der Waals surface area contributed by atoms with Crippen LogP contribution in [0, 0.1) is 0 Å². The zero-order chi connectivity index (χ0) is 16.8. The van der Waals surface area contributed by atoms with Crippen LogP contribution in [-0.2, 0) is 16.1 Å². The lowest BCUT2D eigenvalue weighted by atomic mass is 10.2. The Morgan fingerprint density at radius 1 is 1.24 bits per heavy atom. The number of hydrogen-bond donors (Lipinski definition) is 3. The molecule has 1 amide bonds. The van der Waals surface area contributed by atoms with E-state index >= 15 is 0 Å². The first kappa shape index (κ1) is 20.0. The summed E-state index contributed by atoms with van der Waals surface area (Å²) in [5.74, 6) is 0.422. The molecule has 2 fully saturated rings. The van der Waals surface area contributed by atoms with Gasteiger partial charge in [-0.25, -0.2) is 4.99 Å². The fraction of sp³-hybridized carbons (Fsp3) is 0.556. The number of aliphatic imine (C=N–C) groups is 1. The number of amides is 1. The van der Waals surface area contributed by atoms with Gasteiger partial charge in [-0.05, 0) is 43.4 Å². The number of ether oxygens (including phenoxy) is 1. The minimum atomic E-state index is -0.321. The number of benzene rings is 1. The van der Waals surface area contributed by atoms with Crippen molar-refractivity contribution in [2.45, 2.75) is 57.2 Å². The third kappa shape index (κ3) is 6.14. The van der Waals surface area contributed by atoms with Crippen molar-refractivity contribution in [3.63, 3.8) is 0 Å². The molecule has 1 heterocycles. The number of anilines is 1. The molecule has 4 N–H and O–H groups in total. The van der Waals surface area contributed by atoms with E-state index in [4.69, 9.17) is 10.5 Å². The number of rotatable bonds is 5. The number of carbonyl (C=O) groups is 1. The fourth-order valence-electron chi connectivity index (χ4n) is 3.26. The highest BCUT2D eigenvalue weighted by atomic mass is 127. The van der Waals surface area contributed by atoms with E-state index in [2.05, 4.69) is 15.6 Å². The molecule has 0 aromatic heterocycles. The van der Waals surface area contributed by atoms with E-state index in [1.165, 1.54) is 25.7 Å². The number of guanidine groups is 1. The Hall–Kier alpha value is -1.35. The number of nitrogens with one attached hydrogen (secondary N) is 2. The molecule has 1 atom stereocenters. The lowest BCUT2D eigenvalue weighted by Gasteiger charge is -2.13. The summed E-state index contributed by atoms with van der Waals surface area (Å²) in [7, 11) is 0. The third-order valence-electron chi connectivity index (χ3n) is 4.56. The minimum Gasteiger partial charge on any atom is -0.370 e. The maximum atomic E-state index is 12.1. The highest BCUT2D eigenvalue weighted by Gasteiger charge is 2.23. The number of nitrogens with zero attached hydrogens (tertiary/aromatic N) is 1. The summed E-state index contributed by atoms with van der Waals surface area (Å²) in [6.45, 7) is 1.16. The van der Waals surface area contributed by atoms with E-state index in [0.29, 0.717) is 25.2 Å². The van der Waals surface area contributed by atoms with Crippen LogP contribution in [0.4, 0.5) is 5.69 Å². The average molecular weight is 458 g/mol. The number of nitrogens with two attached hydrogens (primary N) is 1. The molecule has 0 spiro atoms. The normalized spacial score (nSPS) is 21.0. The first-order chi connectivity index (χ1) is 11.7. The Morgan fingerprint density at radius 3 is 2.76 bits per heavy atom. The van der Waals surface area contributed by atoms with Crippen LogP contribution < -0.4 is 16.4 Å². The predicted octanol–water partition coefficient (Wildman–Crippen LogP) is 2.77. The van der Waals surface area contributed by atoms with Crippen LogP contribution in [0.25, 0.3) is 0 Å². The Morgan fingerprint density at radius 2 is 2.04 bits per heavy atom. The van der Waals surface area contributed by atoms with E-state index < -0.39 is 0 Å². The second kappa shape index (κ2) is 9.96. The number of halogens is 1. The molecule has 1 aliphatic carbocycles. The van der Waals surface area contributed by atoms with Gasteiger partial charge in [0.1, 0.15) is 6.10 Å². The molecular weight excluding hydrogens is 431 g/mol.